The number of hydrogen-bond acceptors (Lipinski definition) is 6. The van der Waals surface area contributed by atoms with E-state index in [-0.39, 0.29) is 12.6 Å². The molecule has 0 aliphatic rings. The third kappa shape index (κ3) is 4.24. The first-order valence-corrected chi connectivity index (χ1v) is 9.89. The molecule has 0 bridgehead atoms. The molecule has 8 heteroatoms. The fraction of sp³-hybridized carbons (Fsp3) is 0.125. The van der Waals surface area contributed by atoms with Gasteiger partial charge < -0.3 is 20.1 Å². The molecular weight excluding hydrogens is 406 g/mol. The number of hydrogen-bond donors (Lipinski definition) is 2. The first-order valence-electron chi connectivity index (χ1n) is 9.89. The zero-order chi connectivity index (χ0) is 22.5. The van der Waals surface area contributed by atoms with Crippen LogP contribution in [-0.2, 0) is 4.74 Å². The fourth-order valence-electron chi connectivity index (χ4n) is 3.34. The molecule has 0 atom stereocenters. The Kier molecular flexibility index (Phi) is 6.01. The van der Waals surface area contributed by atoms with E-state index in [4.69, 9.17) is 9.47 Å². The third-order valence-corrected chi connectivity index (χ3v) is 4.90. The van der Waals surface area contributed by atoms with E-state index in [1.165, 1.54) is 13.3 Å². The van der Waals surface area contributed by atoms with Gasteiger partial charge in [0.2, 0.25) is 0 Å². The van der Waals surface area contributed by atoms with Gasteiger partial charge in [0, 0.05) is 19.0 Å². The minimum atomic E-state index is -0.276. The minimum absolute atomic E-state index is 0.101. The Hall–Kier alpha value is -4.35. The van der Waals surface area contributed by atoms with Crippen molar-refractivity contribution in [3.05, 3.63) is 83.7 Å². The van der Waals surface area contributed by atoms with Crippen LogP contribution in [0.25, 0.3) is 5.52 Å². The zero-order valence-corrected chi connectivity index (χ0v) is 17.6. The number of carbonyl (C=O) groups is 1. The molecular formula is C24H21N5O3. The predicted molar refractivity (Wildman–Crippen MR) is 120 cm³/mol. The molecule has 4 aromatic rings. The molecule has 0 unspecified atom stereocenters. The average molecular weight is 427 g/mol. The topological polar surface area (TPSA) is 101 Å². The highest BCUT2D eigenvalue weighted by Gasteiger charge is 2.19. The van der Waals surface area contributed by atoms with E-state index < -0.39 is 0 Å². The van der Waals surface area contributed by atoms with Crippen LogP contribution in [0.5, 0.6) is 11.5 Å². The van der Waals surface area contributed by atoms with Gasteiger partial charge in [-0.25, -0.2) is 4.52 Å². The van der Waals surface area contributed by atoms with E-state index in [9.17, 15) is 10.1 Å². The highest BCUT2D eigenvalue weighted by Crippen LogP contribution is 2.31. The van der Waals surface area contributed by atoms with Gasteiger partial charge in [-0.15, -0.1) is 0 Å². The maximum Gasteiger partial charge on any atom is 0.254 e. The summed E-state index contributed by atoms with van der Waals surface area (Å²) in [6.45, 7) is 1.92. The lowest BCUT2D eigenvalue weighted by Crippen LogP contribution is -2.25. The van der Waals surface area contributed by atoms with Gasteiger partial charge in [-0.1, -0.05) is 18.2 Å². The maximum atomic E-state index is 12.5. The van der Waals surface area contributed by atoms with Crippen LogP contribution in [0.2, 0.25) is 0 Å². The Bertz CT molecular complexity index is 1290. The van der Waals surface area contributed by atoms with Gasteiger partial charge in [0.05, 0.1) is 28.5 Å². The number of aryl methyl sites for hydroxylation is 1. The average Bonchev–Trinajstić information content (AvgIpc) is 3.16. The molecule has 2 N–H and O–H groups in total. The Labute approximate surface area is 185 Å². The van der Waals surface area contributed by atoms with Crippen molar-refractivity contribution in [3.63, 3.8) is 0 Å². The molecule has 0 spiro atoms. The Morgan fingerprint density at radius 3 is 2.53 bits per heavy atom. The van der Waals surface area contributed by atoms with Crippen LogP contribution >= 0.6 is 0 Å². The molecule has 8 nitrogen and oxygen atoms in total. The molecule has 0 saturated heterocycles. The van der Waals surface area contributed by atoms with Crippen LogP contribution in [-0.4, -0.2) is 29.4 Å². The van der Waals surface area contributed by atoms with Crippen molar-refractivity contribution >= 4 is 22.8 Å². The van der Waals surface area contributed by atoms with Crippen LogP contribution in [0.3, 0.4) is 0 Å². The van der Waals surface area contributed by atoms with E-state index in [1.807, 2.05) is 61.5 Å². The molecule has 2 aromatic heterocycles. The number of benzene rings is 2. The number of para-hydroxylation sites is 1. The number of nitrogens with one attached hydrogen (secondary N) is 2. The molecule has 0 radical (unpaired) electrons. The molecule has 2 aromatic carbocycles. The summed E-state index contributed by atoms with van der Waals surface area (Å²) < 4.78 is 12.3. The number of anilines is 2. The van der Waals surface area contributed by atoms with Crippen LogP contribution in [0.15, 0.2) is 67.0 Å². The van der Waals surface area contributed by atoms with Crippen molar-refractivity contribution in [1.82, 2.24) is 14.9 Å². The predicted octanol–water partition coefficient (Wildman–Crippen LogP) is 4.38. The van der Waals surface area contributed by atoms with Crippen molar-refractivity contribution in [2.75, 3.05) is 19.2 Å². The van der Waals surface area contributed by atoms with Crippen LogP contribution in [0, 0.1) is 18.3 Å². The van der Waals surface area contributed by atoms with E-state index in [0.29, 0.717) is 33.6 Å². The number of carbonyl (C=O) groups excluding carboxylic acids is 1. The fourth-order valence-corrected chi connectivity index (χ4v) is 3.34. The Morgan fingerprint density at radius 2 is 1.84 bits per heavy atom. The van der Waals surface area contributed by atoms with E-state index in [1.54, 1.807) is 10.7 Å². The van der Waals surface area contributed by atoms with Crippen molar-refractivity contribution in [1.29, 1.82) is 5.26 Å². The second-order valence-electron chi connectivity index (χ2n) is 7.01. The number of amides is 1. The summed E-state index contributed by atoms with van der Waals surface area (Å²) in [6.07, 6.45) is 3.11. The summed E-state index contributed by atoms with van der Waals surface area (Å²) in [5.74, 6) is 1.17. The zero-order valence-electron chi connectivity index (χ0n) is 17.6. The van der Waals surface area contributed by atoms with Crippen molar-refractivity contribution in [3.8, 4) is 17.6 Å². The number of fused-ring (bicyclic) bond motifs is 1. The number of rotatable bonds is 7. The molecule has 0 saturated carbocycles. The number of methoxy groups -OCH3 is 1. The monoisotopic (exact) mass is 427 g/mol. The minimum Gasteiger partial charge on any atom is -0.457 e. The number of nitriles is 1. The van der Waals surface area contributed by atoms with Crippen molar-refractivity contribution in [2.45, 2.75) is 6.92 Å². The van der Waals surface area contributed by atoms with E-state index in [2.05, 4.69) is 21.8 Å². The van der Waals surface area contributed by atoms with Crippen LogP contribution in [0.1, 0.15) is 21.5 Å². The highest BCUT2D eigenvalue weighted by atomic mass is 16.5. The maximum absolute atomic E-state index is 12.5. The normalized spacial score (nSPS) is 10.5. The molecule has 0 fully saturated rings. The summed E-state index contributed by atoms with van der Waals surface area (Å²) >= 11 is 0. The summed E-state index contributed by atoms with van der Waals surface area (Å²) in [4.78, 5) is 12.5. The SMILES string of the molecule is COCNC(=O)c1cn2ncc(C#N)c(Nc3ccc(Oc4ccccc4)cc3)c2c1C. The molecule has 0 aliphatic carbocycles. The largest absolute Gasteiger partial charge is 0.457 e. The van der Waals surface area contributed by atoms with Crippen molar-refractivity contribution in [2.24, 2.45) is 0 Å². The van der Waals surface area contributed by atoms with E-state index in [0.717, 1.165) is 11.4 Å². The summed E-state index contributed by atoms with van der Waals surface area (Å²) in [5.41, 5.74) is 3.51. The lowest BCUT2D eigenvalue weighted by molar-refractivity contribution is 0.0871. The Balaban J connectivity index is 1.65. The lowest BCUT2D eigenvalue weighted by Gasteiger charge is -2.12. The Morgan fingerprint density at radius 1 is 1.12 bits per heavy atom. The molecule has 1 amide bonds. The number of ether oxygens (including phenoxy) is 2. The molecule has 4 rings (SSSR count). The van der Waals surface area contributed by atoms with Crippen LogP contribution < -0.4 is 15.4 Å². The quantitative estimate of drug-likeness (QED) is 0.425. The molecule has 32 heavy (non-hydrogen) atoms. The standard InChI is InChI=1S/C24H21N5O3/c1-16-21(24(30)26-15-31-2)14-29-23(16)22(17(12-25)13-27-29)28-18-8-10-20(11-9-18)32-19-6-4-3-5-7-19/h3-11,13-14,28H,15H2,1-2H3,(H,26,30). The van der Waals surface area contributed by atoms with Gasteiger partial charge in [0.25, 0.3) is 5.91 Å². The summed E-state index contributed by atoms with van der Waals surface area (Å²) in [6, 6.07) is 19.1. The first-order chi connectivity index (χ1) is 15.6. The molecule has 160 valence electrons. The second-order valence-corrected chi connectivity index (χ2v) is 7.01. The van der Waals surface area contributed by atoms with Gasteiger partial charge in [0.15, 0.2) is 0 Å². The smallest absolute Gasteiger partial charge is 0.254 e. The van der Waals surface area contributed by atoms with Crippen LogP contribution in [0.4, 0.5) is 11.4 Å². The number of aromatic nitrogens is 2. The summed E-state index contributed by atoms with van der Waals surface area (Å²) in [5, 5.41) is 19.9. The van der Waals surface area contributed by atoms with Gasteiger partial charge in [-0.05, 0) is 48.9 Å². The molecule has 0 aliphatic heterocycles. The van der Waals surface area contributed by atoms with Gasteiger partial charge in [-0.3, -0.25) is 4.79 Å². The van der Waals surface area contributed by atoms with E-state index >= 15 is 0 Å². The second kappa shape index (κ2) is 9.20. The van der Waals surface area contributed by atoms with Gasteiger partial charge >= 0.3 is 0 Å². The highest BCUT2D eigenvalue weighted by molar-refractivity contribution is 6.00. The van der Waals surface area contributed by atoms with Crippen molar-refractivity contribution < 1.29 is 14.3 Å². The first kappa shape index (κ1) is 20.9. The lowest BCUT2D eigenvalue weighted by atomic mass is 10.1. The number of nitrogens with zero attached hydrogens (tertiary/aromatic N) is 3. The summed E-state index contributed by atoms with van der Waals surface area (Å²) in [7, 11) is 1.50. The van der Waals surface area contributed by atoms with Gasteiger partial charge in [0.1, 0.15) is 24.3 Å². The van der Waals surface area contributed by atoms with Gasteiger partial charge in [-0.2, -0.15) is 10.4 Å². The molecule has 2 heterocycles. The third-order valence-electron chi connectivity index (χ3n) is 4.90.